The number of carbonyl (C=O) groups excluding carboxylic acids is 1. The molecule has 0 atom stereocenters. The Bertz CT molecular complexity index is 545. The third-order valence-electron chi connectivity index (χ3n) is 4.06. The van der Waals surface area contributed by atoms with Crippen LogP contribution in [0.5, 0.6) is 11.5 Å². The van der Waals surface area contributed by atoms with Gasteiger partial charge in [0.15, 0.2) is 17.3 Å². The molecule has 1 heterocycles. The predicted molar refractivity (Wildman–Crippen MR) is 76.6 cm³/mol. The van der Waals surface area contributed by atoms with Crippen molar-refractivity contribution in [3.8, 4) is 11.5 Å². The van der Waals surface area contributed by atoms with E-state index in [1.165, 1.54) is 6.42 Å². The van der Waals surface area contributed by atoms with Crippen molar-refractivity contribution in [3.05, 3.63) is 29.8 Å². The average Bonchev–Trinajstić information content (AvgIpc) is 2.93. The summed E-state index contributed by atoms with van der Waals surface area (Å²) < 4.78 is 10.6. The molecule has 0 aromatic heterocycles. The fourth-order valence-electron chi connectivity index (χ4n) is 2.78. The lowest BCUT2D eigenvalue weighted by molar-refractivity contribution is -0.120. The van der Waals surface area contributed by atoms with Crippen LogP contribution in [0.3, 0.4) is 0 Å². The standard InChI is InChI=1S/C16H19NO3/c17-16(8-2-1-3-9-16)15(18)7-5-12-4-6-13-14(10-12)20-11-19-13/h4-7,10H,1-3,8-9,11,17H2/b7-5+. The van der Waals surface area contributed by atoms with Crippen molar-refractivity contribution < 1.29 is 14.3 Å². The minimum atomic E-state index is -0.662. The lowest BCUT2D eigenvalue weighted by Gasteiger charge is -2.30. The molecule has 3 rings (SSSR count). The van der Waals surface area contributed by atoms with Gasteiger partial charge < -0.3 is 15.2 Å². The summed E-state index contributed by atoms with van der Waals surface area (Å²) in [7, 11) is 0. The predicted octanol–water partition coefficient (Wildman–Crippen LogP) is 2.66. The molecule has 0 saturated heterocycles. The van der Waals surface area contributed by atoms with Gasteiger partial charge in [0.1, 0.15) is 0 Å². The zero-order valence-electron chi connectivity index (χ0n) is 11.4. The molecule has 0 bridgehead atoms. The van der Waals surface area contributed by atoms with Gasteiger partial charge in [0.2, 0.25) is 6.79 Å². The molecule has 0 spiro atoms. The number of benzene rings is 1. The summed E-state index contributed by atoms with van der Waals surface area (Å²) >= 11 is 0. The van der Waals surface area contributed by atoms with Crippen LogP contribution in [0.25, 0.3) is 6.08 Å². The Morgan fingerprint density at radius 1 is 1.15 bits per heavy atom. The van der Waals surface area contributed by atoms with Crippen LogP contribution in [0.4, 0.5) is 0 Å². The molecule has 1 fully saturated rings. The Hall–Kier alpha value is -1.81. The maximum absolute atomic E-state index is 12.3. The van der Waals surface area contributed by atoms with Gasteiger partial charge in [0.25, 0.3) is 0 Å². The second-order valence-corrected chi connectivity index (χ2v) is 5.53. The highest BCUT2D eigenvalue weighted by Gasteiger charge is 2.33. The number of hydrogen-bond acceptors (Lipinski definition) is 4. The van der Waals surface area contributed by atoms with Gasteiger partial charge in [-0.3, -0.25) is 4.79 Å². The van der Waals surface area contributed by atoms with Crippen LogP contribution >= 0.6 is 0 Å². The van der Waals surface area contributed by atoms with Gasteiger partial charge >= 0.3 is 0 Å². The molecular formula is C16H19NO3. The van der Waals surface area contributed by atoms with E-state index < -0.39 is 5.54 Å². The van der Waals surface area contributed by atoms with E-state index in [2.05, 4.69) is 0 Å². The maximum atomic E-state index is 12.3. The van der Waals surface area contributed by atoms with Crippen LogP contribution < -0.4 is 15.2 Å². The van der Waals surface area contributed by atoms with Gasteiger partial charge in [-0.2, -0.15) is 0 Å². The minimum Gasteiger partial charge on any atom is -0.454 e. The molecule has 2 aliphatic rings. The topological polar surface area (TPSA) is 61.6 Å². The summed E-state index contributed by atoms with van der Waals surface area (Å²) in [5.41, 5.74) is 6.47. The summed E-state index contributed by atoms with van der Waals surface area (Å²) in [6.07, 6.45) is 8.24. The average molecular weight is 273 g/mol. The molecule has 0 amide bonds. The highest BCUT2D eigenvalue weighted by molar-refractivity contribution is 6.00. The summed E-state index contributed by atoms with van der Waals surface area (Å²) in [4.78, 5) is 12.3. The first-order valence-corrected chi connectivity index (χ1v) is 7.08. The van der Waals surface area contributed by atoms with Gasteiger partial charge in [-0.15, -0.1) is 0 Å². The van der Waals surface area contributed by atoms with Gasteiger partial charge in [-0.05, 0) is 36.6 Å². The summed E-state index contributed by atoms with van der Waals surface area (Å²) in [6, 6.07) is 5.63. The van der Waals surface area contributed by atoms with E-state index in [4.69, 9.17) is 15.2 Å². The van der Waals surface area contributed by atoms with Gasteiger partial charge in [-0.1, -0.05) is 31.4 Å². The third kappa shape index (κ3) is 2.56. The molecule has 0 unspecified atom stereocenters. The highest BCUT2D eigenvalue weighted by atomic mass is 16.7. The Kier molecular flexibility index (Phi) is 3.49. The van der Waals surface area contributed by atoms with E-state index in [0.717, 1.165) is 42.7 Å². The van der Waals surface area contributed by atoms with E-state index in [-0.39, 0.29) is 12.6 Å². The number of nitrogens with two attached hydrogens (primary N) is 1. The van der Waals surface area contributed by atoms with Crippen LogP contribution in [0.2, 0.25) is 0 Å². The molecule has 1 saturated carbocycles. The second kappa shape index (κ2) is 5.29. The number of hydrogen-bond donors (Lipinski definition) is 1. The van der Waals surface area contributed by atoms with Crippen molar-refractivity contribution in [1.82, 2.24) is 0 Å². The largest absolute Gasteiger partial charge is 0.454 e. The van der Waals surface area contributed by atoms with E-state index in [9.17, 15) is 4.79 Å². The molecule has 4 nitrogen and oxygen atoms in total. The van der Waals surface area contributed by atoms with Crippen molar-refractivity contribution in [2.45, 2.75) is 37.6 Å². The molecular weight excluding hydrogens is 254 g/mol. The Balaban J connectivity index is 1.72. The lowest BCUT2D eigenvalue weighted by atomic mass is 9.79. The Morgan fingerprint density at radius 2 is 1.90 bits per heavy atom. The van der Waals surface area contributed by atoms with Crippen LogP contribution in [0.15, 0.2) is 24.3 Å². The summed E-state index contributed by atoms with van der Waals surface area (Å²) in [5.74, 6) is 1.49. The van der Waals surface area contributed by atoms with E-state index in [1.54, 1.807) is 12.2 Å². The van der Waals surface area contributed by atoms with Crippen LogP contribution in [-0.2, 0) is 4.79 Å². The first kappa shape index (κ1) is 13.2. The smallest absolute Gasteiger partial charge is 0.231 e. The number of fused-ring (bicyclic) bond motifs is 1. The zero-order chi connectivity index (χ0) is 14.0. The molecule has 1 aromatic rings. The van der Waals surface area contributed by atoms with Gasteiger partial charge in [0, 0.05) is 0 Å². The van der Waals surface area contributed by atoms with Crippen LogP contribution in [0.1, 0.15) is 37.7 Å². The summed E-state index contributed by atoms with van der Waals surface area (Å²) in [5, 5.41) is 0. The molecule has 1 aliphatic carbocycles. The lowest BCUT2D eigenvalue weighted by Crippen LogP contribution is -2.48. The van der Waals surface area contributed by atoms with Crippen molar-refractivity contribution in [2.24, 2.45) is 5.73 Å². The Labute approximate surface area is 118 Å². The molecule has 106 valence electrons. The SMILES string of the molecule is NC1(C(=O)/C=C/c2ccc3c(c2)OCO3)CCCCC1. The Morgan fingerprint density at radius 3 is 2.70 bits per heavy atom. The third-order valence-corrected chi connectivity index (χ3v) is 4.06. The molecule has 4 heteroatoms. The highest BCUT2D eigenvalue weighted by Crippen LogP contribution is 2.33. The number of carbonyl (C=O) groups is 1. The van der Waals surface area contributed by atoms with Crippen LogP contribution in [-0.4, -0.2) is 18.1 Å². The minimum absolute atomic E-state index is 0.0230. The van der Waals surface area contributed by atoms with Crippen molar-refractivity contribution in [2.75, 3.05) is 6.79 Å². The van der Waals surface area contributed by atoms with E-state index in [1.807, 2.05) is 18.2 Å². The van der Waals surface area contributed by atoms with Crippen LogP contribution in [0, 0.1) is 0 Å². The molecule has 1 aliphatic heterocycles. The fraction of sp³-hybridized carbons (Fsp3) is 0.438. The monoisotopic (exact) mass is 273 g/mol. The number of ether oxygens (including phenoxy) is 2. The summed E-state index contributed by atoms with van der Waals surface area (Å²) in [6.45, 7) is 0.257. The van der Waals surface area contributed by atoms with Gasteiger partial charge in [-0.25, -0.2) is 0 Å². The molecule has 1 aromatic carbocycles. The van der Waals surface area contributed by atoms with Crippen molar-refractivity contribution in [3.63, 3.8) is 0 Å². The normalized spacial score (nSPS) is 20.2. The zero-order valence-corrected chi connectivity index (χ0v) is 11.4. The second-order valence-electron chi connectivity index (χ2n) is 5.53. The first-order chi connectivity index (χ1) is 9.67. The van der Waals surface area contributed by atoms with Crippen molar-refractivity contribution in [1.29, 1.82) is 0 Å². The quantitative estimate of drug-likeness (QED) is 0.860. The maximum Gasteiger partial charge on any atom is 0.231 e. The molecule has 20 heavy (non-hydrogen) atoms. The number of rotatable bonds is 3. The van der Waals surface area contributed by atoms with E-state index in [0.29, 0.717) is 0 Å². The van der Waals surface area contributed by atoms with Gasteiger partial charge in [0.05, 0.1) is 5.54 Å². The van der Waals surface area contributed by atoms with E-state index >= 15 is 0 Å². The van der Waals surface area contributed by atoms with Crippen molar-refractivity contribution >= 4 is 11.9 Å². The number of ketones is 1. The fourth-order valence-corrected chi connectivity index (χ4v) is 2.78. The first-order valence-electron chi connectivity index (χ1n) is 7.08. The molecule has 0 radical (unpaired) electrons. The molecule has 2 N–H and O–H groups in total.